The molecule has 3 heterocycles. The van der Waals surface area contributed by atoms with Gasteiger partial charge in [-0.2, -0.15) is 0 Å². The van der Waals surface area contributed by atoms with Gasteiger partial charge in [0.2, 0.25) is 0 Å². The summed E-state index contributed by atoms with van der Waals surface area (Å²) >= 11 is 0. The Morgan fingerprint density at radius 1 is 1.14 bits per heavy atom. The summed E-state index contributed by atoms with van der Waals surface area (Å²) in [5.74, 6) is 0. The molecular weight excluding hydrogens is 264 g/mol. The van der Waals surface area contributed by atoms with Crippen LogP contribution in [0.25, 0.3) is 0 Å². The van der Waals surface area contributed by atoms with Crippen molar-refractivity contribution in [1.82, 2.24) is 20.4 Å². The quantitative estimate of drug-likeness (QED) is 0.913. The lowest BCUT2D eigenvalue weighted by molar-refractivity contribution is 0.158. The first kappa shape index (κ1) is 14.2. The molecule has 0 bridgehead atoms. The lowest BCUT2D eigenvalue weighted by atomic mass is 10.1. The number of nitrogens with one attached hydrogen (secondary N) is 1. The fraction of sp³-hybridized carbons (Fsp3) is 0.500. The van der Waals surface area contributed by atoms with E-state index in [1.165, 1.54) is 19.3 Å². The molecule has 1 N–H and O–H groups in total. The van der Waals surface area contributed by atoms with E-state index >= 15 is 0 Å². The molecule has 0 radical (unpaired) electrons. The van der Waals surface area contributed by atoms with Crippen LogP contribution < -0.4 is 5.32 Å². The van der Waals surface area contributed by atoms with Crippen molar-refractivity contribution < 1.29 is 4.52 Å². The standard InChI is InChI=1S/C16H22N4O/c1-2-9-18-14(4-1)12-20(13-15-7-11-21-19-15)16-5-3-8-17-10-6-16/h1-2,4,7,9,11,16-17H,3,5-6,8,10,12-13H2/t16-/m1/s1. The second-order valence-electron chi connectivity index (χ2n) is 5.55. The van der Waals surface area contributed by atoms with E-state index in [0.717, 1.165) is 37.6 Å². The third-order valence-electron chi connectivity index (χ3n) is 4.01. The van der Waals surface area contributed by atoms with Crippen LogP contribution in [-0.4, -0.2) is 34.2 Å². The van der Waals surface area contributed by atoms with E-state index in [4.69, 9.17) is 4.52 Å². The molecule has 1 aliphatic rings. The maximum atomic E-state index is 4.97. The summed E-state index contributed by atoms with van der Waals surface area (Å²) in [5.41, 5.74) is 2.10. The van der Waals surface area contributed by atoms with Crippen LogP contribution in [-0.2, 0) is 13.1 Å². The van der Waals surface area contributed by atoms with Gasteiger partial charge in [0.05, 0.1) is 11.4 Å². The monoisotopic (exact) mass is 286 g/mol. The highest BCUT2D eigenvalue weighted by Crippen LogP contribution is 2.18. The molecule has 0 spiro atoms. The van der Waals surface area contributed by atoms with E-state index in [1.54, 1.807) is 6.26 Å². The highest BCUT2D eigenvalue weighted by Gasteiger charge is 2.21. The third kappa shape index (κ3) is 4.12. The molecule has 0 aliphatic carbocycles. The van der Waals surface area contributed by atoms with E-state index < -0.39 is 0 Å². The zero-order chi connectivity index (χ0) is 14.3. The van der Waals surface area contributed by atoms with Crippen LogP contribution in [0.3, 0.4) is 0 Å². The van der Waals surface area contributed by atoms with Gasteiger partial charge in [0.25, 0.3) is 0 Å². The van der Waals surface area contributed by atoms with Gasteiger partial charge < -0.3 is 9.84 Å². The number of rotatable bonds is 5. The molecule has 0 aromatic carbocycles. The third-order valence-corrected chi connectivity index (χ3v) is 4.01. The van der Waals surface area contributed by atoms with Crippen LogP contribution in [0.1, 0.15) is 30.7 Å². The molecule has 5 nitrogen and oxygen atoms in total. The van der Waals surface area contributed by atoms with Crippen molar-refractivity contribution in [2.45, 2.75) is 38.4 Å². The van der Waals surface area contributed by atoms with Gasteiger partial charge in [-0.1, -0.05) is 11.2 Å². The van der Waals surface area contributed by atoms with Gasteiger partial charge in [-0.15, -0.1) is 0 Å². The first-order valence-corrected chi connectivity index (χ1v) is 7.66. The molecule has 1 fully saturated rings. The molecular formula is C16H22N4O. The van der Waals surface area contributed by atoms with Crippen molar-refractivity contribution in [2.75, 3.05) is 13.1 Å². The molecule has 0 saturated carbocycles. The molecule has 1 aliphatic heterocycles. The SMILES string of the molecule is c1ccc(CN(Cc2ccon2)[C@@H]2CCCNCC2)nc1. The van der Waals surface area contributed by atoms with E-state index in [0.29, 0.717) is 6.04 Å². The van der Waals surface area contributed by atoms with Gasteiger partial charge in [-0.05, 0) is 44.5 Å². The minimum absolute atomic E-state index is 0.568. The van der Waals surface area contributed by atoms with Gasteiger partial charge in [0.15, 0.2) is 0 Å². The van der Waals surface area contributed by atoms with Crippen molar-refractivity contribution in [3.8, 4) is 0 Å². The molecule has 21 heavy (non-hydrogen) atoms. The summed E-state index contributed by atoms with van der Waals surface area (Å²) in [6.45, 7) is 3.89. The second-order valence-corrected chi connectivity index (χ2v) is 5.55. The van der Waals surface area contributed by atoms with Crippen LogP contribution in [0.15, 0.2) is 41.2 Å². The Morgan fingerprint density at radius 3 is 2.90 bits per heavy atom. The number of hydrogen-bond acceptors (Lipinski definition) is 5. The van der Waals surface area contributed by atoms with Crippen molar-refractivity contribution >= 4 is 0 Å². The maximum Gasteiger partial charge on any atom is 0.124 e. The molecule has 2 aromatic heterocycles. The Kier molecular flexibility index (Phi) is 4.97. The van der Waals surface area contributed by atoms with Gasteiger partial charge >= 0.3 is 0 Å². The van der Waals surface area contributed by atoms with Crippen LogP contribution in [0.4, 0.5) is 0 Å². The topological polar surface area (TPSA) is 54.2 Å². The molecule has 0 unspecified atom stereocenters. The smallest absolute Gasteiger partial charge is 0.124 e. The predicted octanol–water partition coefficient (Wildman–Crippen LogP) is 2.21. The molecule has 112 valence electrons. The van der Waals surface area contributed by atoms with Crippen LogP contribution >= 0.6 is 0 Å². The summed E-state index contributed by atoms with van der Waals surface area (Å²) in [7, 11) is 0. The minimum Gasteiger partial charge on any atom is -0.364 e. The molecule has 3 rings (SSSR count). The maximum absolute atomic E-state index is 4.97. The summed E-state index contributed by atoms with van der Waals surface area (Å²) in [6.07, 6.45) is 7.12. The Morgan fingerprint density at radius 2 is 2.10 bits per heavy atom. The first-order valence-electron chi connectivity index (χ1n) is 7.66. The largest absolute Gasteiger partial charge is 0.364 e. The zero-order valence-corrected chi connectivity index (χ0v) is 12.2. The molecule has 5 heteroatoms. The van der Waals surface area contributed by atoms with E-state index in [-0.39, 0.29) is 0 Å². The van der Waals surface area contributed by atoms with Crippen molar-refractivity contribution in [1.29, 1.82) is 0 Å². The molecule has 1 atom stereocenters. The Balaban J connectivity index is 1.72. The highest BCUT2D eigenvalue weighted by molar-refractivity contribution is 5.05. The number of nitrogens with zero attached hydrogens (tertiary/aromatic N) is 3. The zero-order valence-electron chi connectivity index (χ0n) is 12.2. The number of hydrogen-bond donors (Lipinski definition) is 1. The van der Waals surface area contributed by atoms with Crippen LogP contribution in [0.2, 0.25) is 0 Å². The van der Waals surface area contributed by atoms with Crippen molar-refractivity contribution in [3.63, 3.8) is 0 Å². The number of aromatic nitrogens is 2. The lowest BCUT2D eigenvalue weighted by Crippen LogP contribution is -2.35. The van der Waals surface area contributed by atoms with E-state index in [1.807, 2.05) is 24.4 Å². The molecule has 2 aromatic rings. The second kappa shape index (κ2) is 7.33. The summed E-state index contributed by atoms with van der Waals surface area (Å²) in [6, 6.07) is 8.61. The van der Waals surface area contributed by atoms with Gasteiger partial charge in [0, 0.05) is 31.4 Å². The minimum atomic E-state index is 0.568. The van der Waals surface area contributed by atoms with Gasteiger partial charge in [-0.3, -0.25) is 9.88 Å². The average Bonchev–Trinajstić information content (AvgIpc) is 2.87. The van der Waals surface area contributed by atoms with Crippen LogP contribution in [0.5, 0.6) is 0 Å². The van der Waals surface area contributed by atoms with E-state index in [2.05, 4.69) is 26.4 Å². The Labute approximate surface area is 125 Å². The van der Waals surface area contributed by atoms with Crippen molar-refractivity contribution in [2.24, 2.45) is 0 Å². The van der Waals surface area contributed by atoms with Gasteiger partial charge in [0.1, 0.15) is 6.26 Å². The fourth-order valence-corrected chi connectivity index (χ4v) is 2.91. The Bertz CT molecular complexity index is 506. The summed E-state index contributed by atoms with van der Waals surface area (Å²) in [5, 5.41) is 7.54. The van der Waals surface area contributed by atoms with E-state index in [9.17, 15) is 0 Å². The average molecular weight is 286 g/mol. The molecule has 0 amide bonds. The normalized spacial score (nSPS) is 19.6. The summed E-state index contributed by atoms with van der Waals surface area (Å²) < 4.78 is 4.97. The van der Waals surface area contributed by atoms with Crippen LogP contribution in [0, 0.1) is 0 Å². The first-order chi connectivity index (χ1) is 10.4. The van der Waals surface area contributed by atoms with Crippen molar-refractivity contribution in [3.05, 3.63) is 48.1 Å². The fourth-order valence-electron chi connectivity index (χ4n) is 2.91. The molecule has 1 saturated heterocycles. The van der Waals surface area contributed by atoms with Gasteiger partial charge in [-0.25, -0.2) is 0 Å². The highest BCUT2D eigenvalue weighted by atomic mass is 16.5. The lowest BCUT2D eigenvalue weighted by Gasteiger charge is -2.30. The predicted molar refractivity (Wildman–Crippen MR) is 80.5 cm³/mol. The number of pyridine rings is 1. The summed E-state index contributed by atoms with van der Waals surface area (Å²) in [4.78, 5) is 6.94. The Hall–Kier alpha value is -1.72.